The number of nitrogens with one attached hydrogen (secondary N) is 5. The molecule has 0 saturated carbocycles. The number of aliphatic carboxylic acids is 1. The van der Waals surface area contributed by atoms with Gasteiger partial charge in [0.2, 0.25) is 29.5 Å². The molecule has 1 aromatic carbocycles. The van der Waals surface area contributed by atoms with Crippen molar-refractivity contribution in [3.8, 4) is 5.75 Å². The lowest BCUT2D eigenvalue weighted by Gasteiger charge is -2.22. The lowest BCUT2D eigenvalue weighted by atomic mass is 10.0. The summed E-state index contributed by atoms with van der Waals surface area (Å²) in [5.41, 5.74) is 0.669. The molecule has 0 aliphatic heterocycles. The Balaban J connectivity index is 2.62. The number of amides is 5. The minimum Gasteiger partial charge on any atom is -0.508 e. The molecule has 0 aliphatic carbocycles. The van der Waals surface area contributed by atoms with Crippen LogP contribution in [0.2, 0.25) is 0 Å². The lowest BCUT2D eigenvalue weighted by molar-refractivity contribution is -0.142. The van der Waals surface area contributed by atoms with Crippen molar-refractivity contribution in [1.82, 2.24) is 26.6 Å². The third kappa shape index (κ3) is 11.7. The fourth-order valence-electron chi connectivity index (χ4n) is 3.36. The third-order valence-electron chi connectivity index (χ3n) is 5.34. The van der Waals surface area contributed by atoms with Gasteiger partial charge in [-0.3, -0.25) is 24.0 Å². The maximum absolute atomic E-state index is 12.7. The van der Waals surface area contributed by atoms with Gasteiger partial charge in [0.1, 0.15) is 29.9 Å². The first-order chi connectivity index (χ1) is 17.7. The number of phenols is 1. The summed E-state index contributed by atoms with van der Waals surface area (Å²) in [6.07, 6.45) is 0.337. The molecule has 13 nitrogen and oxygen atoms in total. The second-order valence-electron chi connectivity index (χ2n) is 9.39. The zero-order valence-electron chi connectivity index (χ0n) is 22.2. The van der Waals surface area contributed by atoms with E-state index in [1.165, 1.54) is 32.9 Å². The van der Waals surface area contributed by atoms with E-state index in [2.05, 4.69) is 26.6 Å². The Morgan fingerprint density at radius 2 is 1.32 bits per heavy atom. The van der Waals surface area contributed by atoms with E-state index in [0.29, 0.717) is 5.56 Å². The summed E-state index contributed by atoms with van der Waals surface area (Å²) in [6, 6.07) is 1.88. The number of carboxylic acids is 1. The lowest BCUT2D eigenvalue weighted by Crippen LogP contribution is -2.56. The van der Waals surface area contributed by atoms with Crippen LogP contribution in [-0.2, 0) is 35.2 Å². The number of carbonyl (C=O) groups is 6. The summed E-state index contributed by atoms with van der Waals surface area (Å²) in [5.74, 6) is -4.24. The molecule has 0 radical (unpaired) electrons. The van der Waals surface area contributed by atoms with Gasteiger partial charge < -0.3 is 36.8 Å². The van der Waals surface area contributed by atoms with Gasteiger partial charge in [-0.1, -0.05) is 26.0 Å². The van der Waals surface area contributed by atoms with Gasteiger partial charge in [0, 0.05) is 13.3 Å². The molecule has 0 heterocycles. The summed E-state index contributed by atoms with van der Waals surface area (Å²) in [5, 5.41) is 30.7. The highest BCUT2D eigenvalue weighted by molar-refractivity contribution is 5.94. The zero-order chi connectivity index (χ0) is 29.0. The highest BCUT2D eigenvalue weighted by atomic mass is 16.4. The van der Waals surface area contributed by atoms with Gasteiger partial charge in [0.05, 0.1) is 6.54 Å². The normalized spacial score (nSPS) is 13.8. The molecule has 0 unspecified atom stereocenters. The van der Waals surface area contributed by atoms with Crippen LogP contribution in [0.3, 0.4) is 0 Å². The molecule has 4 atom stereocenters. The summed E-state index contributed by atoms with van der Waals surface area (Å²) in [6.45, 7) is 7.17. The van der Waals surface area contributed by atoms with Crippen molar-refractivity contribution in [2.45, 2.75) is 71.6 Å². The van der Waals surface area contributed by atoms with Crippen LogP contribution in [-0.4, -0.2) is 76.4 Å². The van der Waals surface area contributed by atoms with Gasteiger partial charge in [-0.05, 0) is 43.9 Å². The average molecular weight is 536 g/mol. The van der Waals surface area contributed by atoms with E-state index >= 15 is 0 Å². The van der Waals surface area contributed by atoms with Crippen molar-refractivity contribution in [3.05, 3.63) is 29.8 Å². The van der Waals surface area contributed by atoms with Crippen LogP contribution in [0, 0.1) is 5.92 Å². The van der Waals surface area contributed by atoms with E-state index in [0.717, 1.165) is 0 Å². The Morgan fingerprint density at radius 1 is 0.763 bits per heavy atom. The van der Waals surface area contributed by atoms with Gasteiger partial charge in [-0.2, -0.15) is 0 Å². The first-order valence-electron chi connectivity index (χ1n) is 12.1. The topological polar surface area (TPSA) is 203 Å². The van der Waals surface area contributed by atoms with Gasteiger partial charge >= 0.3 is 5.97 Å². The molecule has 13 heteroatoms. The SMILES string of the molecule is CC(=O)N[C@@H](Cc1ccc(O)cc1)C(=O)N[C@@H](C)C(=O)N[C@@H](C)C(=O)NCC(=O)N[C@@H](CC(C)C)C(=O)O. The third-order valence-corrected chi connectivity index (χ3v) is 5.34. The number of benzene rings is 1. The molecule has 1 rings (SSSR count). The van der Waals surface area contributed by atoms with E-state index in [1.807, 2.05) is 13.8 Å². The predicted octanol–water partition coefficient (Wildman–Crippen LogP) is -0.819. The predicted molar refractivity (Wildman–Crippen MR) is 137 cm³/mol. The molecule has 7 N–H and O–H groups in total. The van der Waals surface area contributed by atoms with Gasteiger partial charge in [-0.25, -0.2) is 4.79 Å². The van der Waals surface area contributed by atoms with Crippen molar-refractivity contribution in [3.63, 3.8) is 0 Å². The minimum atomic E-state index is -1.18. The fourth-order valence-corrected chi connectivity index (χ4v) is 3.36. The molecule has 5 amide bonds. The van der Waals surface area contributed by atoms with Gasteiger partial charge in [-0.15, -0.1) is 0 Å². The summed E-state index contributed by atoms with van der Waals surface area (Å²) in [7, 11) is 0. The van der Waals surface area contributed by atoms with E-state index in [9.17, 15) is 39.0 Å². The summed E-state index contributed by atoms with van der Waals surface area (Å²) >= 11 is 0. The van der Waals surface area contributed by atoms with Gasteiger partial charge in [0.15, 0.2) is 0 Å². The molecular weight excluding hydrogens is 498 g/mol. The summed E-state index contributed by atoms with van der Waals surface area (Å²) < 4.78 is 0. The quantitative estimate of drug-likeness (QED) is 0.160. The second-order valence-corrected chi connectivity index (χ2v) is 9.39. The zero-order valence-corrected chi connectivity index (χ0v) is 22.2. The Kier molecular flexibility index (Phi) is 12.7. The van der Waals surface area contributed by atoms with E-state index < -0.39 is 66.2 Å². The standard InChI is InChI=1S/C25H37N5O8/c1-13(2)10-20(25(37)38)30-21(33)12-26-22(34)14(3)27-23(35)15(4)28-24(36)19(29-16(5)31)11-17-6-8-18(32)9-7-17/h6-9,13-15,19-20,32H,10-12H2,1-5H3,(H,26,34)(H,27,35)(H,28,36)(H,29,31)(H,30,33)(H,37,38)/t14-,15-,19-,20-/m0/s1. The first kappa shape index (κ1) is 31.9. The van der Waals surface area contributed by atoms with Crippen LogP contribution in [0.25, 0.3) is 0 Å². The number of hydrogen-bond donors (Lipinski definition) is 7. The molecular formula is C25H37N5O8. The Morgan fingerprint density at radius 3 is 1.84 bits per heavy atom. The van der Waals surface area contributed by atoms with Crippen molar-refractivity contribution in [2.24, 2.45) is 5.92 Å². The number of carboxylic acid groups (broad SMARTS) is 1. The molecule has 210 valence electrons. The Bertz CT molecular complexity index is 1010. The molecule has 38 heavy (non-hydrogen) atoms. The summed E-state index contributed by atoms with van der Waals surface area (Å²) in [4.78, 5) is 72.5. The molecule has 0 bridgehead atoms. The van der Waals surface area contributed by atoms with Crippen LogP contribution in [0.4, 0.5) is 0 Å². The molecule has 0 fully saturated rings. The molecule has 1 aromatic rings. The smallest absolute Gasteiger partial charge is 0.326 e. The largest absolute Gasteiger partial charge is 0.508 e. The molecule has 0 aliphatic rings. The minimum absolute atomic E-state index is 0.0324. The number of rotatable bonds is 14. The Labute approximate surface area is 221 Å². The highest BCUT2D eigenvalue weighted by Gasteiger charge is 2.26. The van der Waals surface area contributed by atoms with E-state index in [1.54, 1.807) is 12.1 Å². The van der Waals surface area contributed by atoms with Crippen molar-refractivity contribution >= 4 is 35.5 Å². The van der Waals surface area contributed by atoms with Gasteiger partial charge in [0.25, 0.3) is 0 Å². The number of carbonyl (C=O) groups excluding carboxylic acids is 5. The molecule has 0 saturated heterocycles. The van der Waals surface area contributed by atoms with E-state index in [4.69, 9.17) is 0 Å². The van der Waals surface area contributed by atoms with Crippen LogP contribution >= 0.6 is 0 Å². The monoisotopic (exact) mass is 535 g/mol. The van der Waals surface area contributed by atoms with E-state index in [-0.39, 0.29) is 24.5 Å². The first-order valence-corrected chi connectivity index (χ1v) is 12.1. The average Bonchev–Trinajstić information content (AvgIpc) is 2.82. The van der Waals surface area contributed by atoms with Crippen molar-refractivity contribution in [1.29, 1.82) is 0 Å². The number of phenolic OH excluding ortho intramolecular Hbond substituents is 1. The number of hydrogen-bond acceptors (Lipinski definition) is 7. The molecule has 0 aromatic heterocycles. The van der Waals surface area contributed by atoms with Crippen molar-refractivity contribution in [2.75, 3.05) is 6.54 Å². The van der Waals surface area contributed by atoms with Crippen molar-refractivity contribution < 1.29 is 39.0 Å². The maximum Gasteiger partial charge on any atom is 0.326 e. The fraction of sp³-hybridized carbons (Fsp3) is 0.520. The maximum atomic E-state index is 12.7. The Hall–Kier alpha value is -4.16. The number of aromatic hydroxyl groups is 1. The van der Waals surface area contributed by atoms with Crippen LogP contribution in [0.1, 0.15) is 46.6 Å². The van der Waals surface area contributed by atoms with Crippen LogP contribution < -0.4 is 26.6 Å². The highest BCUT2D eigenvalue weighted by Crippen LogP contribution is 2.11. The second kappa shape index (κ2) is 15.2. The van der Waals surface area contributed by atoms with Crippen LogP contribution in [0.5, 0.6) is 5.75 Å². The van der Waals surface area contributed by atoms with Crippen LogP contribution in [0.15, 0.2) is 24.3 Å². The molecule has 0 spiro atoms.